The smallest absolute Gasteiger partial charge is 0.159 e. The molecule has 0 aromatic carbocycles. The Balaban J connectivity index is 2.88. The van der Waals surface area contributed by atoms with E-state index in [1.165, 1.54) is 6.08 Å². The molecule has 0 radical (unpaired) electrons. The SMILES string of the molecule is CC1(C)CCC(=O)C=C1O. The lowest BCUT2D eigenvalue weighted by molar-refractivity contribution is -0.116. The Morgan fingerprint density at radius 2 is 2.20 bits per heavy atom. The molecule has 1 aliphatic rings. The monoisotopic (exact) mass is 140 g/mol. The molecule has 0 spiro atoms. The second-order valence-electron chi connectivity index (χ2n) is 3.38. The first-order valence-corrected chi connectivity index (χ1v) is 3.46. The van der Waals surface area contributed by atoms with Crippen LogP contribution in [0.2, 0.25) is 0 Å². The third-order valence-corrected chi connectivity index (χ3v) is 1.99. The van der Waals surface area contributed by atoms with Crippen LogP contribution in [0.4, 0.5) is 0 Å². The average Bonchev–Trinajstić information content (AvgIpc) is 1.81. The molecule has 0 fully saturated rings. The van der Waals surface area contributed by atoms with Gasteiger partial charge in [-0.1, -0.05) is 13.8 Å². The van der Waals surface area contributed by atoms with Gasteiger partial charge in [0.15, 0.2) is 5.78 Å². The van der Waals surface area contributed by atoms with Crippen LogP contribution >= 0.6 is 0 Å². The van der Waals surface area contributed by atoms with E-state index >= 15 is 0 Å². The van der Waals surface area contributed by atoms with E-state index in [4.69, 9.17) is 0 Å². The molecule has 0 saturated carbocycles. The fraction of sp³-hybridized carbons (Fsp3) is 0.625. The largest absolute Gasteiger partial charge is 0.512 e. The van der Waals surface area contributed by atoms with E-state index in [0.29, 0.717) is 6.42 Å². The highest BCUT2D eigenvalue weighted by atomic mass is 16.3. The van der Waals surface area contributed by atoms with Crippen molar-refractivity contribution in [2.75, 3.05) is 0 Å². The van der Waals surface area contributed by atoms with Crippen molar-refractivity contribution in [1.29, 1.82) is 0 Å². The number of hydrogen-bond donors (Lipinski definition) is 1. The molecule has 0 bridgehead atoms. The van der Waals surface area contributed by atoms with E-state index < -0.39 is 0 Å². The topological polar surface area (TPSA) is 37.3 Å². The van der Waals surface area contributed by atoms with Crippen LogP contribution in [0.15, 0.2) is 11.8 Å². The summed E-state index contributed by atoms with van der Waals surface area (Å²) in [5.41, 5.74) is -0.187. The van der Waals surface area contributed by atoms with Gasteiger partial charge in [0.2, 0.25) is 0 Å². The van der Waals surface area contributed by atoms with Crippen LogP contribution in [0.3, 0.4) is 0 Å². The maximum atomic E-state index is 10.7. The molecule has 1 aliphatic carbocycles. The number of carbonyl (C=O) groups is 1. The average molecular weight is 140 g/mol. The van der Waals surface area contributed by atoms with Gasteiger partial charge in [0.25, 0.3) is 0 Å². The van der Waals surface area contributed by atoms with E-state index in [1.807, 2.05) is 13.8 Å². The molecule has 0 atom stereocenters. The molecule has 2 nitrogen and oxygen atoms in total. The molecule has 0 aliphatic heterocycles. The quantitative estimate of drug-likeness (QED) is 0.557. The lowest BCUT2D eigenvalue weighted by atomic mass is 9.81. The van der Waals surface area contributed by atoms with Gasteiger partial charge in [-0.25, -0.2) is 0 Å². The van der Waals surface area contributed by atoms with Crippen LogP contribution in [-0.4, -0.2) is 10.9 Å². The minimum absolute atomic E-state index is 0.0387. The molecule has 2 heteroatoms. The zero-order valence-electron chi connectivity index (χ0n) is 6.35. The fourth-order valence-corrected chi connectivity index (χ4v) is 0.984. The summed E-state index contributed by atoms with van der Waals surface area (Å²) in [4.78, 5) is 10.7. The van der Waals surface area contributed by atoms with E-state index in [1.54, 1.807) is 0 Å². The van der Waals surface area contributed by atoms with Crippen LogP contribution in [0.1, 0.15) is 26.7 Å². The standard InChI is InChI=1S/C8H12O2/c1-8(2)4-3-6(9)5-7(8)10/h5,10H,3-4H2,1-2H3. The summed E-state index contributed by atoms with van der Waals surface area (Å²) in [6.45, 7) is 3.87. The molecule has 10 heavy (non-hydrogen) atoms. The number of rotatable bonds is 0. The Morgan fingerprint density at radius 3 is 2.60 bits per heavy atom. The van der Waals surface area contributed by atoms with Gasteiger partial charge in [0.05, 0.1) is 0 Å². The highest BCUT2D eigenvalue weighted by Crippen LogP contribution is 2.33. The van der Waals surface area contributed by atoms with E-state index in [0.717, 1.165) is 6.42 Å². The summed E-state index contributed by atoms with van der Waals surface area (Å²) in [6, 6.07) is 0. The molecular formula is C8H12O2. The molecule has 1 N–H and O–H groups in total. The van der Waals surface area contributed by atoms with Gasteiger partial charge in [-0.05, 0) is 6.42 Å². The molecular weight excluding hydrogens is 128 g/mol. The second kappa shape index (κ2) is 2.11. The number of aliphatic hydroxyl groups is 1. The third kappa shape index (κ3) is 1.20. The minimum atomic E-state index is -0.187. The number of ketones is 1. The van der Waals surface area contributed by atoms with E-state index in [2.05, 4.69) is 0 Å². The Morgan fingerprint density at radius 1 is 1.60 bits per heavy atom. The number of hydrogen-bond acceptors (Lipinski definition) is 2. The maximum absolute atomic E-state index is 10.7. The molecule has 0 amide bonds. The predicted octanol–water partition coefficient (Wildman–Crippen LogP) is 1.82. The zero-order valence-corrected chi connectivity index (χ0v) is 6.35. The summed E-state index contributed by atoms with van der Waals surface area (Å²) in [6.07, 6.45) is 2.66. The minimum Gasteiger partial charge on any atom is -0.512 e. The van der Waals surface area contributed by atoms with Crippen molar-refractivity contribution in [3.63, 3.8) is 0 Å². The summed E-state index contributed by atoms with van der Waals surface area (Å²) < 4.78 is 0. The van der Waals surface area contributed by atoms with Gasteiger partial charge in [-0.15, -0.1) is 0 Å². The Labute approximate surface area is 60.6 Å². The number of aliphatic hydroxyl groups excluding tert-OH is 1. The second-order valence-corrected chi connectivity index (χ2v) is 3.38. The molecule has 0 unspecified atom stereocenters. The van der Waals surface area contributed by atoms with Crippen molar-refractivity contribution >= 4 is 5.78 Å². The van der Waals surface area contributed by atoms with Crippen molar-refractivity contribution in [2.45, 2.75) is 26.7 Å². The third-order valence-electron chi connectivity index (χ3n) is 1.99. The normalized spacial score (nSPS) is 24.2. The van der Waals surface area contributed by atoms with Gasteiger partial charge in [-0.2, -0.15) is 0 Å². The van der Waals surface area contributed by atoms with Gasteiger partial charge in [0.1, 0.15) is 5.76 Å². The van der Waals surface area contributed by atoms with Crippen LogP contribution in [0, 0.1) is 5.41 Å². The molecule has 0 aromatic heterocycles. The summed E-state index contributed by atoms with van der Waals surface area (Å²) in [5, 5.41) is 9.25. The highest BCUT2D eigenvalue weighted by molar-refractivity contribution is 5.91. The van der Waals surface area contributed by atoms with Crippen molar-refractivity contribution in [3.05, 3.63) is 11.8 Å². The van der Waals surface area contributed by atoms with Crippen LogP contribution < -0.4 is 0 Å². The number of carbonyl (C=O) groups excluding carboxylic acids is 1. The Bertz CT molecular complexity index is 189. The fourth-order valence-electron chi connectivity index (χ4n) is 0.984. The zero-order chi connectivity index (χ0) is 7.78. The van der Waals surface area contributed by atoms with E-state index in [9.17, 15) is 9.90 Å². The van der Waals surface area contributed by atoms with Crippen molar-refractivity contribution in [2.24, 2.45) is 5.41 Å². The molecule has 0 aromatic rings. The van der Waals surface area contributed by atoms with Crippen LogP contribution in [0.25, 0.3) is 0 Å². The summed E-state index contributed by atoms with van der Waals surface area (Å²) in [5.74, 6) is 0.264. The van der Waals surface area contributed by atoms with Crippen LogP contribution in [0.5, 0.6) is 0 Å². The lowest BCUT2D eigenvalue weighted by Crippen LogP contribution is -2.21. The molecule has 0 heterocycles. The van der Waals surface area contributed by atoms with Crippen LogP contribution in [-0.2, 0) is 4.79 Å². The first kappa shape index (κ1) is 7.32. The first-order valence-electron chi connectivity index (χ1n) is 3.46. The predicted molar refractivity (Wildman–Crippen MR) is 38.7 cm³/mol. The van der Waals surface area contributed by atoms with Crippen molar-refractivity contribution in [1.82, 2.24) is 0 Å². The van der Waals surface area contributed by atoms with Crippen molar-refractivity contribution in [3.8, 4) is 0 Å². The Kier molecular flexibility index (Phi) is 1.55. The summed E-state index contributed by atoms with van der Waals surface area (Å²) >= 11 is 0. The van der Waals surface area contributed by atoms with Gasteiger partial charge in [-0.3, -0.25) is 4.79 Å². The molecule has 1 rings (SSSR count). The lowest BCUT2D eigenvalue weighted by Gasteiger charge is -2.26. The van der Waals surface area contributed by atoms with E-state index in [-0.39, 0.29) is 17.0 Å². The van der Waals surface area contributed by atoms with Gasteiger partial charge in [0, 0.05) is 17.9 Å². The Hall–Kier alpha value is -0.790. The molecule has 0 saturated heterocycles. The van der Waals surface area contributed by atoms with Gasteiger partial charge < -0.3 is 5.11 Å². The number of allylic oxidation sites excluding steroid dienone is 2. The van der Waals surface area contributed by atoms with Crippen molar-refractivity contribution < 1.29 is 9.90 Å². The molecule has 56 valence electrons. The first-order chi connectivity index (χ1) is 4.52. The van der Waals surface area contributed by atoms with Gasteiger partial charge >= 0.3 is 0 Å². The maximum Gasteiger partial charge on any atom is 0.159 e. The highest BCUT2D eigenvalue weighted by Gasteiger charge is 2.28. The summed E-state index contributed by atoms with van der Waals surface area (Å²) in [7, 11) is 0.